The van der Waals surface area contributed by atoms with Gasteiger partial charge >= 0.3 is 5.97 Å². The van der Waals surface area contributed by atoms with Crippen molar-refractivity contribution in [2.75, 3.05) is 11.9 Å². The summed E-state index contributed by atoms with van der Waals surface area (Å²) < 4.78 is 5.16. The highest BCUT2D eigenvalue weighted by atomic mass is 32.2. The van der Waals surface area contributed by atoms with Gasteiger partial charge in [0.1, 0.15) is 0 Å². The van der Waals surface area contributed by atoms with Crippen LogP contribution in [0.3, 0.4) is 0 Å². The Morgan fingerprint density at radius 3 is 2.40 bits per heavy atom. The molecule has 4 nitrogen and oxygen atoms in total. The molecular formula is C20H23NO3S. The maximum atomic E-state index is 12.3. The Balaban J connectivity index is 1.87. The van der Waals surface area contributed by atoms with E-state index in [0.717, 1.165) is 17.7 Å². The highest BCUT2D eigenvalue weighted by Gasteiger charge is 2.15. The van der Waals surface area contributed by atoms with Crippen molar-refractivity contribution >= 4 is 29.3 Å². The summed E-state index contributed by atoms with van der Waals surface area (Å²) in [6.07, 6.45) is 1.84. The molecule has 25 heavy (non-hydrogen) atoms. The van der Waals surface area contributed by atoms with E-state index in [-0.39, 0.29) is 17.1 Å². The molecule has 0 fully saturated rings. The lowest BCUT2D eigenvalue weighted by atomic mass is 10.2. The molecule has 2 aromatic carbocycles. The molecule has 0 aliphatic carbocycles. The van der Waals surface area contributed by atoms with E-state index in [2.05, 4.69) is 5.32 Å². The smallest absolute Gasteiger partial charge is 0.338 e. The van der Waals surface area contributed by atoms with Gasteiger partial charge in [-0.25, -0.2) is 4.79 Å². The first-order chi connectivity index (χ1) is 12.1. The van der Waals surface area contributed by atoms with Gasteiger partial charge in [-0.05, 0) is 49.7 Å². The van der Waals surface area contributed by atoms with Gasteiger partial charge in [0, 0.05) is 10.6 Å². The lowest BCUT2D eigenvalue weighted by Gasteiger charge is -2.12. The van der Waals surface area contributed by atoms with Crippen LogP contribution in [0, 0.1) is 0 Å². The van der Waals surface area contributed by atoms with Crippen molar-refractivity contribution in [3.8, 4) is 0 Å². The quantitative estimate of drug-likeness (QED) is 0.420. The summed E-state index contributed by atoms with van der Waals surface area (Å²) in [6.45, 7) is 4.34. The topological polar surface area (TPSA) is 55.4 Å². The van der Waals surface area contributed by atoms with Gasteiger partial charge in [-0.15, -0.1) is 11.8 Å². The average Bonchev–Trinajstić information content (AvgIpc) is 2.63. The number of hydrogen-bond donors (Lipinski definition) is 1. The summed E-state index contributed by atoms with van der Waals surface area (Å²) >= 11 is 1.50. The maximum Gasteiger partial charge on any atom is 0.338 e. The number of ether oxygens (including phenoxy) is 1. The number of anilines is 1. The van der Waals surface area contributed by atoms with Crippen LogP contribution in [0.25, 0.3) is 0 Å². The van der Waals surface area contributed by atoms with Crippen LogP contribution < -0.4 is 5.32 Å². The molecule has 0 aliphatic heterocycles. The summed E-state index contributed by atoms with van der Waals surface area (Å²) in [4.78, 5) is 25.2. The summed E-state index contributed by atoms with van der Waals surface area (Å²) in [5.74, 6) is -0.411. The van der Waals surface area contributed by atoms with E-state index >= 15 is 0 Å². The normalized spacial score (nSPS) is 11.6. The molecule has 1 amide bonds. The molecule has 0 bridgehead atoms. The second kappa shape index (κ2) is 9.89. The zero-order valence-electron chi connectivity index (χ0n) is 14.5. The molecule has 0 saturated heterocycles. The third-order valence-corrected chi connectivity index (χ3v) is 4.66. The van der Waals surface area contributed by atoms with Crippen molar-refractivity contribution in [3.05, 3.63) is 60.2 Å². The number of esters is 1. The Bertz CT molecular complexity index is 686. The van der Waals surface area contributed by atoms with E-state index in [9.17, 15) is 9.59 Å². The molecule has 1 N–H and O–H groups in total. The Hall–Kier alpha value is -2.27. The summed E-state index contributed by atoms with van der Waals surface area (Å²) in [6, 6.07) is 16.6. The highest BCUT2D eigenvalue weighted by molar-refractivity contribution is 8.00. The molecule has 0 heterocycles. The highest BCUT2D eigenvalue weighted by Crippen LogP contribution is 2.23. The monoisotopic (exact) mass is 357 g/mol. The second-order valence-electron chi connectivity index (χ2n) is 5.63. The molecule has 0 saturated carbocycles. The molecule has 0 spiro atoms. The van der Waals surface area contributed by atoms with Gasteiger partial charge in [-0.1, -0.05) is 31.5 Å². The lowest BCUT2D eigenvalue weighted by molar-refractivity contribution is -0.115. The molecule has 0 aliphatic rings. The van der Waals surface area contributed by atoms with E-state index < -0.39 is 0 Å². The van der Waals surface area contributed by atoms with Crippen LogP contribution in [-0.2, 0) is 9.53 Å². The predicted molar refractivity (Wildman–Crippen MR) is 102 cm³/mol. The summed E-state index contributed by atoms with van der Waals surface area (Å²) in [5.41, 5.74) is 1.15. The Morgan fingerprint density at radius 2 is 1.76 bits per heavy atom. The first-order valence-electron chi connectivity index (χ1n) is 8.40. The van der Waals surface area contributed by atoms with Gasteiger partial charge in [0.15, 0.2) is 0 Å². The van der Waals surface area contributed by atoms with Crippen LogP contribution in [0.4, 0.5) is 5.69 Å². The average molecular weight is 357 g/mol. The number of unbranched alkanes of at least 4 members (excludes halogenated alkanes) is 1. The minimum absolute atomic E-state index is 0.0767. The zero-order valence-corrected chi connectivity index (χ0v) is 15.3. The number of hydrogen-bond acceptors (Lipinski definition) is 4. The van der Waals surface area contributed by atoms with Crippen LogP contribution in [0.15, 0.2) is 59.5 Å². The van der Waals surface area contributed by atoms with Crippen LogP contribution in [0.1, 0.15) is 37.0 Å². The molecule has 0 unspecified atom stereocenters. The maximum absolute atomic E-state index is 12.3. The van der Waals surface area contributed by atoms with Gasteiger partial charge in [0.2, 0.25) is 5.91 Å². The van der Waals surface area contributed by atoms with Crippen molar-refractivity contribution in [3.63, 3.8) is 0 Å². The van der Waals surface area contributed by atoms with E-state index in [1.807, 2.05) is 44.2 Å². The van der Waals surface area contributed by atoms with Gasteiger partial charge < -0.3 is 10.1 Å². The van der Waals surface area contributed by atoms with Crippen LogP contribution >= 0.6 is 11.8 Å². The first kappa shape index (κ1) is 19.1. The molecule has 132 valence electrons. The number of amides is 1. The number of rotatable bonds is 8. The number of carbonyl (C=O) groups is 2. The minimum Gasteiger partial charge on any atom is -0.462 e. The van der Waals surface area contributed by atoms with Crippen LogP contribution in [-0.4, -0.2) is 23.7 Å². The van der Waals surface area contributed by atoms with E-state index in [1.54, 1.807) is 24.3 Å². The Kier molecular flexibility index (Phi) is 7.54. The Labute approximate surface area is 153 Å². The molecule has 0 aromatic heterocycles. The van der Waals surface area contributed by atoms with E-state index in [1.165, 1.54) is 11.8 Å². The van der Waals surface area contributed by atoms with Gasteiger partial charge in [-0.3, -0.25) is 4.79 Å². The SMILES string of the molecule is CCCCOC(=O)c1ccc(NC(=O)[C@H](C)Sc2ccccc2)cc1. The first-order valence-corrected chi connectivity index (χ1v) is 9.28. The third kappa shape index (κ3) is 6.27. The zero-order chi connectivity index (χ0) is 18.1. The van der Waals surface area contributed by atoms with Crippen molar-refractivity contribution in [2.45, 2.75) is 36.8 Å². The number of carbonyl (C=O) groups excluding carboxylic acids is 2. The van der Waals surface area contributed by atoms with Gasteiger partial charge in [0.25, 0.3) is 0 Å². The van der Waals surface area contributed by atoms with Gasteiger partial charge in [-0.2, -0.15) is 0 Å². The molecule has 2 rings (SSSR count). The Morgan fingerprint density at radius 1 is 1.08 bits per heavy atom. The third-order valence-electron chi connectivity index (χ3n) is 3.54. The molecule has 0 radical (unpaired) electrons. The standard InChI is InChI=1S/C20H23NO3S/c1-3-4-14-24-20(23)16-10-12-17(13-11-16)21-19(22)15(2)25-18-8-6-5-7-9-18/h5-13,15H,3-4,14H2,1-2H3,(H,21,22)/t15-/m0/s1. The van der Waals surface area contributed by atoms with Crippen molar-refractivity contribution in [2.24, 2.45) is 0 Å². The predicted octanol–water partition coefficient (Wildman–Crippen LogP) is 4.76. The largest absolute Gasteiger partial charge is 0.462 e. The minimum atomic E-state index is -0.334. The number of benzene rings is 2. The van der Waals surface area contributed by atoms with Crippen LogP contribution in [0.2, 0.25) is 0 Å². The molecule has 1 atom stereocenters. The van der Waals surface area contributed by atoms with E-state index in [4.69, 9.17) is 4.74 Å². The summed E-state index contributed by atoms with van der Waals surface area (Å²) in [5, 5.41) is 2.65. The van der Waals surface area contributed by atoms with Crippen molar-refractivity contribution in [1.29, 1.82) is 0 Å². The molecular weight excluding hydrogens is 334 g/mol. The lowest BCUT2D eigenvalue weighted by Crippen LogP contribution is -2.22. The fourth-order valence-electron chi connectivity index (χ4n) is 2.08. The fourth-order valence-corrected chi connectivity index (χ4v) is 2.97. The van der Waals surface area contributed by atoms with Crippen molar-refractivity contribution in [1.82, 2.24) is 0 Å². The van der Waals surface area contributed by atoms with Gasteiger partial charge in [0.05, 0.1) is 17.4 Å². The number of nitrogens with one attached hydrogen (secondary N) is 1. The van der Waals surface area contributed by atoms with E-state index in [0.29, 0.717) is 17.9 Å². The van der Waals surface area contributed by atoms with Crippen LogP contribution in [0.5, 0.6) is 0 Å². The fraction of sp³-hybridized carbons (Fsp3) is 0.300. The summed E-state index contributed by atoms with van der Waals surface area (Å²) in [7, 11) is 0. The second-order valence-corrected chi connectivity index (χ2v) is 7.04. The van der Waals surface area contributed by atoms with Crippen molar-refractivity contribution < 1.29 is 14.3 Å². The number of thioether (sulfide) groups is 1. The molecule has 2 aromatic rings. The molecule has 5 heteroatoms.